The van der Waals surface area contributed by atoms with Gasteiger partial charge in [0.05, 0.1) is 6.61 Å². The number of aromatic amines is 1. The molecule has 150 valence electrons. The monoisotopic (exact) mass is 384 g/mol. The van der Waals surface area contributed by atoms with Gasteiger partial charge in [-0.1, -0.05) is 6.42 Å². The van der Waals surface area contributed by atoms with E-state index in [2.05, 4.69) is 20.5 Å². The van der Waals surface area contributed by atoms with E-state index in [4.69, 9.17) is 4.74 Å². The Bertz CT molecular complexity index is 856. The summed E-state index contributed by atoms with van der Waals surface area (Å²) < 4.78 is 5.04. The molecule has 2 fully saturated rings. The minimum atomic E-state index is -0.371. The first kappa shape index (κ1) is 19.0. The molecule has 3 heterocycles. The van der Waals surface area contributed by atoms with E-state index in [1.807, 2.05) is 18.2 Å². The maximum atomic E-state index is 12.9. The fourth-order valence-electron chi connectivity index (χ4n) is 4.35. The smallest absolute Gasteiger partial charge is 0.354 e. The summed E-state index contributed by atoms with van der Waals surface area (Å²) in [4.78, 5) is 30.3. The number of carbonyl (C=O) groups excluding carboxylic acids is 2. The van der Waals surface area contributed by atoms with Crippen molar-refractivity contribution in [1.82, 2.24) is 15.2 Å². The van der Waals surface area contributed by atoms with Crippen molar-refractivity contribution in [2.24, 2.45) is 0 Å². The first-order valence-electron chi connectivity index (χ1n) is 10.2. The Labute approximate surface area is 164 Å². The number of hydrogen-bond donors (Lipinski definition) is 3. The fraction of sp³-hybridized carbons (Fsp3) is 0.524. The van der Waals surface area contributed by atoms with Crippen LogP contribution in [0.4, 0.5) is 5.69 Å². The minimum Gasteiger partial charge on any atom is -0.461 e. The van der Waals surface area contributed by atoms with Crippen LogP contribution in [0.2, 0.25) is 0 Å². The van der Waals surface area contributed by atoms with Crippen LogP contribution in [-0.4, -0.2) is 60.1 Å². The number of nitrogens with zero attached hydrogens (tertiary/aromatic N) is 1. The number of carbonyl (C=O) groups is 2. The normalized spacial score (nSPS) is 23.0. The van der Waals surface area contributed by atoms with Gasteiger partial charge in [-0.05, 0) is 70.1 Å². The van der Waals surface area contributed by atoms with Gasteiger partial charge in [-0.3, -0.25) is 9.69 Å². The molecule has 3 N–H and O–H groups in total. The molecule has 7 nitrogen and oxygen atoms in total. The zero-order valence-electron chi connectivity index (χ0n) is 16.3. The summed E-state index contributed by atoms with van der Waals surface area (Å²) >= 11 is 0. The number of ether oxygens (including phenoxy) is 1. The number of fused-ring (bicyclic) bond motifs is 1. The molecule has 0 spiro atoms. The maximum absolute atomic E-state index is 12.9. The average molecular weight is 384 g/mol. The van der Waals surface area contributed by atoms with Crippen molar-refractivity contribution in [3.63, 3.8) is 0 Å². The van der Waals surface area contributed by atoms with E-state index in [0.717, 1.165) is 42.6 Å². The number of likely N-dealkylation sites (tertiary alicyclic amines) is 1. The molecular formula is C21H28N4O3. The lowest BCUT2D eigenvalue weighted by Gasteiger charge is -2.34. The predicted molar refractivity (Wildman–Crippen MR) is 109 cm³/mol. The number of H-pyrrole nitrogens is 1. The summed E-state index contributed by atoms with van der Waals surface area (Å²) in [5.74, 6) is -0.364. The molecule has 0 aliphatic carbocycles. The Balaban J connectivity index is 1.46. The summed E-state index contributed by atoms with van der Waals surface area (Å²) in [5, 5.41) is 7.29. The third-order valence-electron chi connectivity index (χ3n) is 5.71. The molecule has 28 heavy (non-hydrogen) atoms. The van der Waals surface area contributed by atoms with Crippen LogP contribution in [0.25, 0.3) is 10.9 Å². The lowest BCUT2D eigenvalue weighted by molar-refractivity contribution is -0.119. The summed E-state index contributed by atoms with van der Waals surface area (Å²) in [6, 6.07) is 7.46. The summed E-state index contributed by atoms with van der Waals surface area (Å²) in [5.41, 5.74) is 1.99. The third kappa shape index (κ3) is 3.91. The highest BCUT2D eigenvalue weighted by atomic mass is 16.5. The second kappa shape index (κ2) is 8.32. The molecule has 1 amide bonds. The van der Waals surface area contributed by atoms with E-state index in [-0.39, 0.29) is 24.0 Å². The van der Waals surface area contributed by atoms with Crippen LogP contribution < -0.4 is 10.6 Å². The van der Waals surface area contributed by atoms with Crippen LogP contribution in [0.3, 0.4) is 0 Å². The van der Waals surface area contributed by atoms with Gasteiger partial charge in [0.15, 0.2) is 0 Å². The van der Waals surface area contributed by atoms with Gasteiger partial charge in [0.25, 0.3) is 0 Å². The van der Waals surface area contributed by atoms with Crippen molar-refractivity contribution in [2.75, 3.05) is 31.6 Å². The molecule has 0 radical (unpaired) electrons. The van der Waals surface area contributed by atoms with E-state index < -0.39 is 0 Å². The standard InChI is InChI=1S/C21H28N4O3/c1-2-28-21(27)17-13-14-12-15(6-7-16(14)24-17)23-20(26)19-18(8-9-22-19)25-10-4-3-5-11-25/h6-7,12-13,18-19,22,24H,2-5,8-11H2,1H3,(H,23,26)/t18-,19+/m1/s1. The third-order valence-corrected chi connectivity index (χ3v) is 5.71. The van der Waals surface area contributed by atoms with E-state index >= 15 is 0 Å². The number of aromatic nitrogens is 1. The van der Waals surface area contributed by atoms with E-state index in [1.165, 1.54) is 19.3 Å². The zero-order valence-corrected chi connectivity index (χ0v) is 16.3. The highest BCUT2D eigenvalue weighted by molar-refractivity contribution is 5.99. The second-order valence-corrected chi connectivity index (χ2v) is 7.58. The lowest BCUT2D eigenvalue weighted by Crippen LogP contribution is -2.51. The number of benzene rings is 1. The highest BCUT2D eigenvalue weighted by Gasteiger charge is 2.36. The first-order chi connectivity index (χ1) is 13.7. The number of piperidine rings is 1. The Morgan fingerprint density at radius 3 is 2.82 bits per heavy atom. The van der Waals surface area contributed by atoms with Crippen molar-refractivity contribution in [2.45, 2.75) is 44.7 Å². The van der Waals surface area contributed by atoms with Gasteiger partial charge in [-0.25, -0.2) is 4.79 Å². The number of anilines is 1. The first-order valence-corrected chi connectivity index (χ1v) is 10.2. The summed E-state index contributed by atoms with van der Waals surface area (Å²) in [7, 11) is 0. The van der Waals surface area contributed by atoms with E-state index in [0.29, 0.717) is 12.3 Å². The van der Waals surface area contributed by atoms with Gasteiger partial charge in [-0.2, -0.15) is 0 Å². The van der Waals surface area contributed by atoms with Crippen molar-refractivity contribution in [3.8, 4) is 0 Å². The Morgan fingerprint density at radius 2 is 2.04 bits per heavy atom. The molecule has 7 heteroatoms. The largest absolute Gasteiger partial charge is 0.461 e. The fourth-order valence-corrected chi connectivity index (χ4v) is 4.35. The number of nitrogens with one attached hydrogen (secondary N) is 3. The SMILES string of the molecule is CCOC(=O)c1cc2cc(NC(=O)[C@H]3NCC[C@H]3N3CCCCC3)ccc2[nH]1. The van der Waals surface area contributed by atoms with Gasteiger partial charge in [0.2, 0.25) is 5.91 Å². The van der Waals surface area contributed by atoms with Gasteiger partial charge < -0.3 is 20.4 Å². The van der Waals surface area contributed by atoms with Crippen LogP contribution in [0.5, 0.6) is 0 Å². The molecule has 2 aliphatic rings. The molecule has 4 rings (SSSR count). The lowest BCUT2D eigenvalue weighted by atomic mass is 10.0. The second-order valence-electron chi connectivity index (χ2n) is 7.58. The molecule has 2 aromatic rings. The average Bonchev–Trinajstić information content (AvgIpc) is 3.36. The summed E-state index contributed by atoms with van der Waals surface area (Å²) in [6.45, 7) is 5.16. The van der Waals surface area contributed by atoms with Crippen molar-refractivity contribution >= 4 is 28.5 Å². The highest BCUT2D eigenvalue weighted by Crippen LogP contribution is 2.23. The van der Waals surface area contributed by atoms with Crippen LogP contribution in [0.1, 0.15) is 43.1 Å². The van der Waals surface area contributed by atoms with Crippen LogP contribution in [0, 0.1) is 0 Å². The van der Waals surface area contributed by atoms with E-state index in [1.54, 1.807) is 13.0 Å². The number of amides is 1. The van der Waals surface area contributed by atoms with Crippen molar-refractivity contribution in [1.29, 1.82) is 0 Å². The molecule has 2 atom stereocenters. The quantitative estimate of drug-likeness (QED) is 0.690. The van der Waals surface area contributed by atoms with E-state index in [9.17, 15) is 9.59 Å². The maximum Gasteiger partial charge on any atom is 0.354 e. The molecule has 0 saturated carbocycles. The Kier molecular flexibility index (Phi) is 5.64. The topological polar surface area (TPSA) is 86.5 Å². The molecule has 1 aromatic heterocycles. The molecule has 2 aliphatic heterocycles. The van der Waals surface area contributed by atoms with Crippen LogP contribution in [0.15, 0.2) is 24.3 Å². The number of rotatable bonds is 5. The van der Waals surface area contributed by atoms with Gasteiger partial charge in [0, 0.05) is 22.6 Å². The molecular weight excluding hydrogens is 356 g/mol. The minimum absolute atomic E-state index is 0.00794. The Hall–Kier alpha value is -2.38. The number of esters is 1. The molecule has 0 unspecified atom stereocenters. The van der Waals surface area contributed by atoms with Crippen molar-refractivity contribution in [3.05, 3.63) is 30.0 Å². The zero-order chi connectivity index (χ0) is 19.5. The summed E-state index contributed by atoms with van der Waals surface area (Å²) in [6.07, 6.45) is 4.74. The van der Waals surface area contributed by atoms with Crippen LogP contribution in [-0.2, 0) is 9.53 Å². The predicted octanol–water partition coefficient (Wildman–Crippen LogP) is 2.50. The van der Waals surface area contributed by atoms with Crippen LogP contribution >= 0.6 is 0 Å². The number of hydrogen-bond acceptors (Lipinski definition) is 5. The molecule has 0 bridgehead atoms. The molecule has 2 saturated heterocycles. The molecule has 1 aromatic carbocycles. The van der Waals surface area contributed by atoms with Gasteiger partial charge >= 0.3 is 5.97 Å². The van der Waals surface area contributed by atoms with Gasteiger partial charge in [-0.15, -0.1) is 0 Å². The van der Waals surface area contributed by atoms with Crippen molar-refractivity contribution < 1.29 is 14.3 Å². The van der Waals surface area contributed by atoms with Gasteiger partial charge in [0.1, 0.15) is 11.7 Å². The Morgan fingerprint density at radius 1 is 1.21 bits per heavy atom.